The standard InChI is InChI=1S/C13H14ClNO4/c14-9-3-1-2-8-10(6-7-19-13(8)9)15-11(16)4-5-12(17)18/h1-3,10H,4-7H2,(H,15,16)(H,17,18). The van der Waals surface area contributed by atoms with Crippen LogP contribution in [0.4, 0.5) is 0 Å². The topological polar surface area (TPSA) is 75.6 Å². The Labute approximate surface area is 115 Å². The smallest absolute Gasteiger partial charge is 0.303 e. The molecule has 1 unspecified atom stereocenters. The number of ether oxygens (including phenoxy) is 1. The molecule has 0 spiro atoms. The molecular weight excluding hydrogens is 270 g/mol. The number of rotatable bonds is 4. The molecule has 1 aromatic carbocycles. The molecule has 102 valence electrons. The number of carboxylic acid groups (broad SMARTS) is 1. The Balaban J connectivity index is 2.05. The highest BCUT2D eigenvalue weighted by Gasteiger charge is 2.24. The summed E-state index contributed by atoms with van der Waals surface area (Å²) in [5.74, 6) is -0.662. The molecule has 0 bridgehead atoms. The lowest BCUT2D eigenvalue weighted by Gasteiger charge is -2.27. The van der Waals surface area contributed by atoms with E-state index in [1.165, 1.54) is 0 Å². The molecule has 1 aromatic rings. The van der Waals surface area contributed by atoms with Crippen molar-refractivity contribution in [3.63, 3.8) is 0 Å². The van der Waals surface area contributed by atoms with Crippen LogP contribution in [0.5, 0.6) is 5.75 Å². The summed E-state index contributed by atoms with van der Waals surface area (Å²) in [5.41, 5.74) is 0.836. The number of aliphatic carboxylic acids is 1. The Kier molecular flexibility index (Phi) is 4.27. The fraction of sp³-hybridized carbons (Fsp3) is 0.385. The van der Waals surface area contributed by atoms with E-state index in [4.69, 9.17) is 21.4 Å². The maximum Gasteiger partial charge on any atom is 0.303 e. The Bertz CT molecular complexity index is 503. The second kappa shape index (κ2) is 5.93. The van der Waals surface area contributed by atoms with Crippen LogP contribution in [-0.4, -0.2) is 23.6 Å². The SMILES string of the molecule is O=C(O)CCC(=O)NC1CCOc2c(Cl)cccc21. The van der Waals surface area contributed by atoms with Crippen molar-refractivity contribution in [2.24, 2.45) is 0 Å². The fourth-order valence-electron chi connectivity index (χ4n) is 2.02. The molecule has 6 heteroatoms. The van der Waals surface area contributed by atoms with E-state index in [0.717, 1.165) is 5.56 Å². The average Bonchev–Trinajstić information content (AvgIpc) is 2.38. The van der Waals surface area contributed by atoms with E-state index in [1.807, 2.05) is 6.07 Å². The highest BCUT2D eigenvalue weighted by molar-refractivity contribution is 6.32. The first kappa shape index (κ1) is 13.7. The van der Waals surface area contributed by atoms with Crippen LogP contribution in [0.1, 0.15) is 30.9 Å². The number of carboxylic acids is 1. The number of carbonyl (C=O) groups excluding carboxylic acids is 1. The fourth-order valence-corrected chi connectivity index (χ4v) is 2.26. The van der Waals surface area contributed by atoms with Gasteiger partial charge in [-0.3, -0.25) is 9.59 Å². The van der Waals surface area contributed by atoms with Gasteiger partial charge >= 0.3 is 5.97 Å². The van der Waals surface area contributed by atoms with Crippen molar-refractivity contribution in [2.45, 2.75) is 25.3 Å². The Morgan fingerprint density at radius 3 is 2.95 bits per heavy atom. The van der Waals surface area contributed by atoms with E-state index in [-0.39, 0.29) is 24.8 Å². The van der Waals surface area contributed by atoms with Crippen molar-refractivity contribution < 1.29 is 19.4 Å². The summed E-state index contributed by atoms with van der Waals surface area (Å²) in [6, 6.07) is 5.20. The van der Waals surface area contributed by atoms with Gasteiger partial charge in [0.25, 0.3) is 0 Å². The number of para-hydroxylation sites is 1. The van der Waals surface area contributed by atoms with E-state index < -0.39 is 5.97 Å². The zero-order chi connectivity index (χ0) is 13.8. The number of fused-ring (bicyclic) bond motifs is 1. The van der Waals surface area contributed by atoms with Crippen LogP contribution in [-0.2, 0) is 9.59 Å². The Hall–Kier alpha value is -1.75. The summed E-state index contributed by atoms with van der Waals surface area (Å²) < 4.78 is 5.49. The third-order valence-corrected chi connectivity index (χ3v) is 3.22. The Morgan fingerprint density at radius 2 is 2.21 bits per heavy atom. The van der Waals surface area contributed by atoms with Crippen LogP contribution < -0.4 is 10.1 Å². The first-order chi connectivity index (χ1) is 9.08. The summed E-state index contributed by atoms with van der Waals surface area (Å²) in [5, 5.41) is 11.9. The largest absolute Gasteiger partial charge is 0.492 e. The van der Waals surface area contributed by atoms with Crippen LogP contribution >= 0.6 is 11.6 Å². The number of halogens is 1. The van der Waals surface area contributed by atoms with Gasteiger partial charge in [-0.05, 0) is 6.07 Å². The van der Waals surface area contributed by atoms with Crippen LogP contribution in [0.3, 0.4) is 0 Å². The summed E-state index contributed by atoms with van der Waals surface area (Å²) >= 11 is 6.03. The van der Waals surface area contributed by atoms with E-state index in [1.54, 1.807) is 12.1 Å². The van der Waals surface area contributed by atoms with Crippen molar-refractivity contribution in [1.82, 2.24) is 5.32 Å². The van der Waals surface area contributed by atoms with Crippen LogP contribution in [0.25, 0.3) is 0 Å². The van der Waals surface area contributed by atoms with E-state index >= 15 is 0 Å². The molecule has 0 radical (unpaired) electrons. The van der Waals surface area contributed by atoms with Gasteiger partial charge in [0, 0.05) is 18.4 Å². The second-order valence-corrected chi connectivity index (χ2v) is 4.72. The molecule has 2 N–H and O–H groups in total. The van der Waals surface area contributed by atoms with Crippen molar-refractivity contribution in [1.29, 1.82) is 0 Å². The van der Waals surface area contributed by atoms with Gasteiger partial charge in [0.15, 0.2) is 0 Å². The van der Waals surface area contributed by atoms with Crippen LogP contribution in [0.15, 0.2) is 18.2 Å². The minimum absolute atomic E-state index is 0.0252. The molecule has 5 nitrogen and oxygen atoms in total. The average molecular weight is 284 g/mol. The summed E-state index contributed by atoms with van der Waals surface area (Å²) in [7, 11) is 0. The predicted molar refractivity (Wildman–Crippen MR) is 69.3 cm³/mol. The first-order valence-electron chi connectivity index (χ1n) is 6.00. The van der Waals surface area contributed by atoms with Gasteiger partial charge < -0.3 is 15.2 Å². The van der Waals surface area contributed by atoms with E-state index in [9.17, 15) is 9.59 Å². The molecule has 1 aliphatic heterocycles. The monoisotopic (exact) mass is 283 g/mol. The maximum atomic E-state index is 11.7. The first-order valence-corrected chi connectivity index (χ1v) is 6.38. The summed E-state index contributed by atoms with van der Waals surface area (Å²) in [6.45, 7) is 0.473. The molecule has 0 aliphatic carbocycles. The lowest BCUT2D eigenvalue weighted by molar-refractivity contribution is -0.139. The molecule has 0 fully saturated rings. The summed E-state index contributed by atoms with van der Waals surface area (Å²) in [6.07, 6.45) is 0.451. The second-order valence-electron chi connectivity index (χ2n) is 4.31. The van der Waals surface area contributed by atoms with Gasteiger partial charge in [0.2, 0.25) is 5.91 Å². The van der Waals surface area contributed by atoms with Crippen LogP contribution in [0.2, 0.25) is 5.02 Å². The highest BCUT2D eigenvalue weighted by atomic mass is 35.5. The number of amides is 1. The number of benzene rings is 1. The predicted octanol–water partition coefficient (Wildman–Crippen LogP) is 2.14. The van der Waals surface area contributed by atoms with Gasteiger partial charge in [-0.25, -0.2) is 0 Å². The molecule has 1 heterocycles. The molecule has 1 aliphatic rings. The van der Waals surface area contributed by atoms with Crippen molar-refractivity contribution in [3.8, 4) is 5.75 Å². The van der Waals surface area contributed by atoms with Crippen molar-refractivity contribution in [2.75, 3.05) is 6.61 Å². The van der Waals surface area contributed by atoms with Gasteiger partial charge in [-0.1, -0.05) is 23.7 Å². The Morgan fingerprint density at radius 1 is 1.42 bits per heavy atom. The summed E-state index contributed by atoms with van der Waals surface area (Å²) in [4.78, 5) is 22.1. The van der Waals surface area contributed by atoms with Crippen LogP contribution in [0, 0.1) is 0 Å². The zero-order valence-electron chi connectivity index (χ0n) is 10.2. The zero-order valence-corrected chi connectivity index (χ0v) is 10.9. The molecular formula is C13H14ClNO4. The quantitative estimate of drug-likeness (QED) is 0.888. The minimum atomic E-state index is -0.981. The lowest BCUT2D eigenvalue weighted by atomic mass is 10.0. The third-order valence-electron chi connectivity index (χ3n) is 2.93. The van der Waals surface area contributed by atoms with Crippen molar-refractivity contribution in [3.05, 3.63) is 28.8 Å². The number of hydrogen-bond acceptors (Lipinski definition) is 3. The van der Waals surface area contributed by atoms with E-state index in [2.05, 4.69) is 5.32 Å². The van der Waals surface area contributed by atoms with Crippen molar-refractivity contribution >= 4 is 23.5 Å². The molecule has 0 aromatic heterocycles. The van der Waals surface area contributed by atoms with E-state index in [0.29, 0.717) is 23.8 Å². The lowest BCUT2D eigenvalue weighted by Crippen LogP contribution is -2.32. The van der Waals surface area contributed by atoms with Gasteiger partial charge in [-0.2, -0.15) is 0 Å². The molecule has 1 atom stereocenters. The maximum absolute atomic E-state index is 11.7. The number of nitrogens with one attached hydrogen (secondary N) is 1. The van der Waals surface area contributed by atoms with Gasteiger partial charge in [0.1, 0.15) is 5.75 Å². The molecule has 1 amide bonds. The number of carbonyl (C=O) groups is 2. The number of hydrogen-bond donors (Lipinski definition) is 2. The van der Waals surface area contributed by atoms with Gasteiger partial charge in [-0.15, -0.1) is 0 Å². The molecule has 0 saturated heterocycles. The molecule has 0 saturated carbocycles. The normalized spacial score (nSPS) is 17.2. The van der Waals surface area contributed by atoms with Gasteiger partial charge in [0.05, 0.1) is 24.1 Å². The third kappa shape index (κ3) is 3.38. The highest BCUT2D eigenvalue weighted by Crippen LogP contribution is 2.37. The molecule has 2 rings (SSSR count). The molecule has 19 heavy (non-hydrogen) atoms. The minimum Gasteiger partial charge on any atom is -0.492 e.